The second kappa shape index (κ2) is 9.52. The molecule has 28 heavy (non-hydrogen) atoms. The number of methoxy groups -OCH3 is 1. The number of piperazine rings is 1. The molecule has 0 bridgehead atoms. The molecule has 1 N–H and O–H groups in total. The number of likely N-dealkylation sites (N-methyl/N-ethyl adjacent to an activating group) is 1. The van der Waals surface area contributed by atoms with Crippen molar-refractivity contribution < 1.29 is 14.3 Å². The third kappa shape index (κ3) is 5.43. The van der Waals surface area contributed by atoms with Gasteiger partial charge in [-0.15, -0.1) is 0 Å². The Bertz CT molecular complexity index is 818. The lowest BCUT2D eigenvalue weighted by Crippen LogP contribution is -2.46. The van der Waals surface area contributed by atoms with Crippen molar-refractivity contribution in [2.24, 2.45) is 0 Å². The number of nitrogens with zero attached hydrogens (tertiary/aromatic N) is 2. The monoisotopic (exact) mass is 399 g/mol. The van der Waals surface area contributed by atoms with Gasteiger partial charge in [0, 0.05) is 43.5 Å². The van der Waals surface area contributed by atoms with Crippen LogP contribution in [0.15, 0.2) is 48.5 Å². The maximum atomic E-state index is 12.1. The van der Waals surface area contributed by atoms with Crippen molar-refractivity contribution in [3.8, 4) is 11.5 Å². The Hall–Kier alpha value is -2.64. The number of hydrogen-bond donors (Lipinski definition) is 1. The summed E-state index contributed by atoms with van der Waals surface area (Å²) in [4.78, 5) is 17.5. The highest BCUT2D eigenvalue weighted by Gasteiger charge is 2.17. The van der Waals surface area contributed by atoms with Gasteiger partial charge in [0.1, 0.15) is 16.5 Å². The maximum Gasteiger partial charge on any atom is 0.262 e. The first-order valence-electron chi connectivity index (χ1n) is 9.20. The second-order valence-electron chi connectivity index (χ2n) is 6.69. The molecule has 0 spiro atoms. The Morgan fingerprint density at radius 1 is 1.07 bits per heavy atom. The molecule has 0 aliphatic carbocycles. The summed E-state index contributed by atoms with van der Waals surface area (Å²) in [5.41, 5.74) is 1.66. The molecule has 1 aliphatic rings. The van der Waals surface area contributed by atoms with E-state index in [-0.39, 0.29) is 12.5 Å². The van der Waals surface area contributed by atoms with Crippen LogP contribution >= 0.6 is 12.2 Å². The van der Waals surface area contributed by atoms with Gasteiger partial charge in [-0.3, -0.25) is 4.79 Å². The van der Waals surface area contributed by atoms with Gasteiger partial charge in [-0.2, -0.15) is 0 Å². The Labute approximate surface area is 171 Å². The van der Waals surface area contributed by atoms with E-state index >= 15 is 0 Å². The lowest BCUT2D eigenvalue weighted by molar-refractivity contribution is -0.118. The van der Waals surface area contributed by atoms with Gasteiger partial charge in [-0.1, -0.05) is 18.3 Å². The zero-order valence-corrected chi connectivity index (χ0v) is 17.0. The molecule has 6 nitrogen and oxygen atoms in total. The highest BCUT2D eigenvalue weighted by atomic mass is 32.1. The van der Waals surface area contributed by atoms with Gasteiger partial charge in [-0.05, 0) is 43.4 Å². The molecular weight excluding hydrogens is 374 g/mol. The van der Waals surface area contributed by atoms with Gasteiger partial charge >= 0.3 is 0 Å². The first-order chi connectivity index (χ1) is 13.5. The molecule has 1 saturated heterocycles. The molecule has 0 unspecified atom stereocenters. The highest BCUT2D eigenvalue weighted by Crippen LogP contribution is 2.18. The van der Waals surface area contributed by atoms with Gasteiger partial charge in [0.25, 0.3) is 5.91 Å². The fourth-order valence-corrected chi connectivity index (χ4v) is 3.25. The van der Waals surface area contributed by atoms with Gasteiger partial charge in [-0.25, -0.2) is 0 Å². The summed E-state index contributed by atoms with van der Waals surface area (Å²) in [6.07, 6.45) is 0. The number of thiocarbonyl (C=S) groups is 1. The summed E-state index contributed by atoms with van der Waals surface area (Å²) in [6.45, 7) is 3.85. The van der Waals surface area contributed by atoms with Crippen LogP contribution in [0.3, 0.4) is 0 Å². The Morgan fingerprint density at radius 2 is 1.79 bits per heavy atom. The number of carbonyl (C=O) groups excluding carboxylic acids is 1. The Kier molecular flexibility index (Phi) is 6.84. The van der Waals surface area contributed by atoms with Crippen molar-refractivity contribution in [2.45, 2.75) is 0 Å². The number of ether oxygens (including phenoxy) is 2. The summed E-state index contributed by atoms with van der Waals surface area (Å²) in [7, 11) is 3.71. The first kappa shape index (κ1) is 20.1. The molecule has 3 rings (SSSR count). The van der Waals surface area contributed by atoms with Gasteiger partial charge in [0.05, 0.1) is 7.11 Å². The summed E-state index contributed by atoms with van der Waals surface area (Å²) in [6, 6.07) is 14.8. The Morgan fingerprint density at radius 3 is 2.46 bits per heavy atom. The van der Waals surface area contributed by atoms with E-state index < -0.39 is 0 Å². The van der Waals surface area contributed by atoms with Crippen molar-refractivity contribution >= 4 is 28.8 Å². The van der Waals surface area contributed by atoms with Crippen LogP contribution in [0.2, 0.25) is 0 Å². The fourth-order valence-electron chi connectivity index (χ4n) is 2.93. The van der Waals surface area contributed by atoms with Crippen molar-refractivity contribution in [1.82, 2.24) is 9.80 Å². The van der Waals surface area contributed by atoms with Gasteiger partial charge in [0.15, 0.2) is 6.61 Å². The number of carbonyl (C=O) groups is 1. The standard InChI is InChI=1S/C21H25N3O3S/c1-23-10-12-24(13-11-23)21(28)16-6-8-18(9-7-16)27-15-20(25)22-17-4-3-5-19(14-17)26-2/h3-9,14H,10-13,15H2,1-2H3,(H,22,25). The summed E-state index contributed by atoms with van der Waals surface area (Å²) >= 11 is 5.61. The van der Waals surface area contributed by atoms with Gasteiger partial charge < -0.3 is 24.6 Å². The van der Waals surface area contributed by atoms with Crippen LogP contribution in [0.1, 0.15) is 5.56 Å². The molecular formula is C21H25N3O3S. The topological polar surface area (TPSA) is 54.0 Å². The number of amides is 1. The minimum Gasteiger partial charge on any atom is -0.497 e. The van der Waals surface area contributed by atoms with Crippen LogP contribution in [0.25, 0.3) is 0 Å². The van der Waals surface area contributed by atoms with E-state index in [9.17, 15) is 4.79 Å². The molecule has 1 fully saturated rings. The summed E-state index contributed by atoms with van der Waals surface area (Å²) < 4.78 is 10.7. The summed E-state index contributed by atoms with van der Waals surface area (Å²) in [5, 5.41) is 2.79. The van der Waals surface area contributed by atoms with Crippen molar-refractivity contribution in [3.63, 3.8) is 0 Å². The van der Waals surface area contributed by atoms with E-state index in [1.807, 2.05) is 36.4 Å². The average Bonchev–Trinajstić information content (AvgIpc) is 2.73. The Balaban J connectivity index is 1.50. The molecule has 7 heteroatoms. The smallest absolute Gasteiger partial charge is 0.262 e. The molecule has 0 radical (unpaired) electrons. The predicted molar refractivity (Wildman–Crippen MR) is 114 cm³/mol. The lowest BCUT2D eigenvalue weighted by Gasteiger charge is -2.34. The van der Waals surface area contributed by atoms with Crippen molar-refractivity contribution in [2.75, 3.05) is 52.3 Å². The number of anilines is 1. The quantitative estimate of drug-likeness (QED) is 0.754. The predicted octanol–water partition coefficient (Wildman–Crippen LogP) is 2.64. The molecule has 2 aromatic carbocycles. The number of hydrogen-bond acceptors (Lipinski definition) is 5. The van der Waals surface area contributed by atoms with E-state index in [0.29, 0.717) is 17.2 Å². The van der Waals surface area contributed by atoms with Crippen LogP contribution in [-0.4, -0.2) is 67.6 Å². The minimum absolute atomic E-state index is 0.0700. The third-order valence-electron chi connectivity index (χ3n) is 4.62. The lowest BCUT2D eigenvalue weighted by atomic mass is 10.2. The molecule has 0 saturated carbocycles. The van der Waals surface area contributed by atoms with Crippen LogP contribution in [0, 0.1) is 0 Å². The van der Waals surface area contributed by atoms with Crippen LogP contribution < -0.4 is 14.8 Å². The third-order valence-corrected chi connectivity index (χ3v) is 5.11. The van der Waals surface area contributed by atoms with E-state index in [4.69, 9.17) is 21.7 Å². The zero-order valence-electron chi connectivity index (χ0n) is 16.2. The molecule has 1 aliphatic heterocycles. The molecule has 1 amide bonds. The molecule has 0 atom stereocenters. The van der Waals surface area contributed by atoms with Crippen LogP contribution in [0.5, 0.6) is 11.5 Å². The van der Waals surface area contributed by atoms with E-state index in [0.717, 1.165) is 36.7 Å². The SMILES string of the molecule is COc1cccc(NC(=O)COc2ccc(C(=S)N3CCN(C)CC3)cc2)c1. The largest absolute Gasteiger partial charge is 0.497 e. The molecule has 0 aromatic heterocycles. The summed E-state index contributed by atoms with van der Waals surface area (Å²) in [5.74, 6) is 1.08. The molecule has 2 aromatic rings. The highest BCUT2D eigenvalue weighted by molar-refractivity contribution is 7.80. The van der Waals surface area contributed by atoms with Crippen LogP contribution in [-0.2, 0) is 4.79 Å². The minimum atomic E-state index is -0.231. The normalized spacial score (nSPS) is 14.4. The number of nitrogens with one attached hydrogen (secondary N) is 1. The van der Waals surface area contributed by atoms with E-state index in [2.05, 4.69) is 22.2 Å². The van der Waals surface area contributed by atoms with Crippen molar-refractivity contribution in [3.05, 3.63) is 54.1 Å². The van der Waals surface area contributed by atoms with Crippen molar-refractivity contribution in [1.29, 1.82) is 0 Å². The average molecular weight is 400 g/mol. The fraction of sp³-hybridized carbons (Fsp3) is 0.333. The second-order valence-corrected chi connectivity index (χ2v) is 7.08. The van der Waals surface area contributed by atoms with E-state index in [1.54, 1.807) is 19.2 Å². The number of rotatable bonds is 6. The molecule has 1 heterocycles. The van der Waals surface area contributed by atoms with E-state index in [1.165, 1.54) is 0 Å². The maximum absolute atomic E-state index is 12.1. The number of benzene rings is 2. The van der Waals surface area contributed by atoms with Gasteiger partial charge in [0.2, 0.25) is 0 Å². The molecule has 148 valence electrons. The van der Waals surface area contributed by atoms with Crippen LogP contribution in [0.4, 0.5) is 5.69 Å². The zero-order chi connectivity index (χ0) is 19.9. The first-order valence-corrected chi connectivity index (χ1v) is 9.60.